The summed E-state index contributed by atoms with van der Waals surface area (Å²) in [6.45, 7) is -2.14. The average Bonchev–Trinajstić information content (AvgIpc) is 2.11. The largest absolute Gasteiger partial charge is 0.275 e. The van der Waals surface area contributed by atoms with Crippen molar-refractivity contribution in [2.24, 2.45) is 6.98 Å². The number of halogens is 1. The summed E-state index contributed by atoms with van der Waals surface area (Å²) in [6.07, 6.45) is 2.99. The zero-order valence-electron chi connectivity index (χ0n) is 6.43. The summed E-state index contributed by atoms with van der Waals surface area (Å²) in [5, 5.41) is 3.63. The first-order valence-electron chi connectivity index (χ1n) is 3.21. The minimum atomic E-state index is -2.14. The van der Waals surface area contributed by atoms with Crippen LogP contribution in [0, 0.1) is 3.57 Å². The van der Waals surface area contributed by atoms with Crippen LogP contribution < -0.4 is 0 Å². The lowest BCUT2D eigenvalue weighted by atomic mass is 10.8. The summed E-state index contributed by atoms with van der Waals surface area (Å²) in [4.78, 5) is 0. The van der Waals surface area contributed by atoms with Crippen molar-refractivity contribution in [1.82, 2.24) is 9.78 Å². The molecule has 1 aromatic rings. The van der Waals surface area contributed by atoms with Crippen molar-refractivity contribution in [1.29, 1.82) is 0 Å². The lowest BCUT2D eigenvalue weighted by Crippen LogP contribution is -1.83. The fourth-order valence-corrected chi connectivity index (χ4v) is 0.689. The van der Waals surface area contributed by atoms with E-state index in [0.29, 0.717) is 0 Å². The number of hydrogen-bond acceptors (Lipinski definition) is 1. The number of aryl methyl sites for hydroxylation is 1. The molecule has 3 heteroatoms. The van der Waals surface area contributed by atoms with Crippen molar-refractivity contribution >= 4 is 22.6 Å². The summed E-state index contributed by atoms with van der Waals surface area (Å²) >= 11 is 2.01. The molecule has 0 aliphatic heterocycles. The van der Waals surface area contributed by atoms with Crippen LogP contribution in [0.15, 0.2) is 12.4 Å². The van der Waals surface area contributed by atoms with Gasteiger partial charge in [0, 0.05) is 17.3 Å². The Morgan fingerprint density at radius 1 is 2.14 bits per heavy atom. The second-order valence-corrected chi connectivity index (χ2v) is 2.35. The van der Waals surface area contributed by atoms with Gasteiger partial charge in [-0.05, 0) is 22.6 Å². The van der Waals surface area contributed by atoms with Gasteiger partial charge in [0.05, 0.1) is 9.77 Å². The Morgan fingerprint density at radius 3 is 3.29 bits per heavy atom. The highest BCUT2D eigenvalue weighted by Gasteiger charge is 1.83. The second-order valence-electron chi connectivity index (χ2n) is 1.10. The highest BCUT2D eigenvalue weighted by molar-refractivity contribution is 14.1. The first-order valence-corrected chi connectivity index (χ1v) is 2.79. The molecule has 0 saturated carbocycles. The van der Waals surface area contributed by atoms with Gasteiger partial charge in [-0.25, -0.2) is 0 Å². The molecular weight excluding hydrogens is 203 g/mol. The van der Waals surface area contributed by atoms with E-state index in [1.807, 2.05) is 22.6 Å². The maximum atomic E-state index is 6.92. The highest BCUT2D eigenvalue weighted by Crippen LogP contribution is 1.98. The van der Waals surface area contributed by atoms with Crippen molar-refractivity contribution in [3.05, 3.63) is 16.0 Å². The molecule has 1 heterocycles. The van der Waals surface area contributed by atoms with Crippen LogP contribution in [0.5, 0.6) is 0 Å². The fourth-order valence-electron chi connectivity index (χ4n) is 0.301. The van der Waals surface area contributed by atoms with Crippen molar-refractivity contribution in [2.75, 3.05) is 0 Å². The Morgan fingerprint density at radius 2 is 3.00 bits per heavy atom. The molecule has 0 aliphatic rings. The third-order valence-electron chi connectivity index (χ3n) is 0.551. The highest BCUT2D eigenvalue weighted by atomic mass is 127. The van der Waals surface area contributed by atoms with Crippen molar-refractivity contribution < 1.29 is 4.11 Å². The third kappa shape index (κ3) is 1.15. The van der Waals surface area contributed by atoms with Crippen LogP contribution in [0.25, 0.3) is 0 Å². The first-order chi connectivity index (χ1) is 4.50. The van der Waals surface area contributed by atoms with E-state index in [9.17, 15) is 0 Å². The molecule has 0 amide bonds. The van der Waals surface area contributed by atoms with Crippen molar-refractivity contribution in [2.45, 2.75) is 0 Å². The van der Waals surface area contributed by atoms with Gasteiger partial charge in [0.25, 0.3) is 0 Å². The Bertz CT molecular complexity index is 229. The normalized spacial score (nSPS) is 17.6. The van der Waals surface area contributed by atoms with E-state index in [4.69, 9.17) is 4.11 Å². The van der Waals surface area contributed by atoms with E-state index in [2.05, 4.69) is 5.10 Å². The van der Waals surface area contributed by atoms with Crippen LogP contribution in [0.1, 0.15) is 4.11 Å². The van der Waals surface area contributed by atoms with E-state index in [0.717, 1.165) is 8.25 Å². The van der Waals surface area contributed by atoms with Gasteiger partial charge in [-0.15, -0.1) is 0 Å². The average molecular weight is 211 g/mol. The number of rotatable bonds is 0. The van der Waals surface area contributed by atoms with Gasteiger partial charge in [0.15, 0.2) is 0 Å². The van der Waals surface area contributed by atoms with Gasteiger partial charge in [-0.1, -0.05) is 0 Å². The maximum Gasteiger partial charge on any atom is 0.0623 e. The lowest BCUT2D eigenvalue weighted by Gasteiger charge is -1.78. The Labute approximate surface area is 59.9 Å². The minimum absolute atomic E-state index is 0.828. The second kappa shape index (κ2) is 1.81. The predicted octanol–water partition coefficient (Wildman–Crippen LogP) is 1.02. The van der Waals surface area contributed by atoms with E-state index in [-0.39, 0.29) is 0 Å². The molecule has 0 radical (unpaired) electrons. The van der Waals surface area contributed by atoms with Gasteiger partial charge >= 0.3 is 0 Å². The molecular formula is C4H5IN2. The zero-order valence-corrected chi connectivity index (χ0v) is 5.58. The molecule has 0 saturated heterocycles. The lowest BCUT2D eigenvalue weighted by molar-refractivity contribution is 0.767. The molecule has 2 nitrogen and oxygen atoms in total. The first kappa shape index (κ1) is 2.48. The number of hydrogen-bond donors (Lipinski definition) is 0. The molecule has 1 aromatic heterocycles. The molecule has 0 fully saturated rings. The number of aromatic nitrogens is 2. The summed E-state index contributed by atoms with van der Waals surface area (Å²) in [6, 6.07) is 0. The monoisotopic (exact) mass is 211 g/mol. The molecule has 7 heavy (non-hydrogen) atoms. The van der Waals surface area contributed by atoms with E-state index < -0.39 is 6.98 Å². The topological polar surface area (TPSA) is 17.8 Å². The molecule has 0 aromatic carbocycles. The van der Waals surface area contributed by atoms with Gasteiger partial charge in [0.1, 0.15) is 0 Å². The Balaban J connectivity index is 2.96. The smallest absolute Gasteiger partial charge is 0.0623 e. The van der Waals surface area contributed by atoms with E-state index in [1.54, 1.807) is 0 Å². The minimum Gasteiger partial charge on any atom is -0.275 e. The summed E-state index contributed by atoms with van der Waals surface area (Å²) in [7, 11) is 0. The van der Waals surface area contributed by atoms with Gasteiger partial charge in [0.2, 0.25) is 0 Å². The van der Waals surface area contributed by atoms with Crippen LogP contribution in [-0.4, -0.2) is 9.78 Å². The molecule has 0 N–H and O–H groups in total. The van der Waals surface area contributed by atoms with Crippen LogP contribution in [0.2, 0.25) is 0 Å². The van der Waals surface area contributed by atoms with Crippen LogP contribution in [0.3, 0.4) is 0 Å². The van der Waals surface area contributed by atoms with Crippen LogP contribution in [0.4, 0.5) is 0 Å². The van der Waals surface area contributed by atoms with Crippen molar-refractivity contribution in [3.8, 4) is 0 Å². The Hall–Kier alpha value is -0.0600. The maximum absolute atomic E-state index is 6.92. The van der Waals surface area contributed by atoms with Crippen molar-refractivity contribution in [3.63, 3.8) is 0 Å². The van der Waals surface area contributed by atoms with Gasteiger partial charge < -0.3 is 0 Å². The zero-order chi connectivity index (χ0) is 7.78. The molecule has 1 rings (SSSR count). The quantitative estimate of drug-likeness (QED) is 0.586. The van der Waals surface area contributed by atoms with Gasteiger partial charge in [-0.3, -0.25) is 4.68 Å². The summed E-state index contributed by atoms with van der Waals surface area (Å²) < 4.78 is 22.5. The molecule has 0 atom stereocenters. The molecule has 38 valence electrons. The van der Waals surface area contributed by atoms with Gasteiger partial charge in [-0.2, -0.15) is 5.10 Å². The third-order valence-corrected chi connectivity index (χ3v) is 1.11. The fraction of sp³-hybridized carbons (Fsp3) is 0.250. The molecule has 0 unspecified atom stereocenters. The summed E-state index contributed by atoms with van der Waals surface area (Å²) in [5.74, 6) is 0. The molecule has 0 bridgehead atoms. The van der Waals surface area contributed by atoms with Crippen LogP contribution >= 0.6 is 22.6 Å². The predicted molar refractivity (Wildman–Crippen MR) is 35.9 cm³/mol. The van der Waals surface area contributed by atoms with Crippen LogP contribution in [-0.2, 0) is 6.98 Å². The standard InChI is InChI=1S/C4H5IN2/c1-7-3-4(5)2-6-7/h2-3H,1H3/i1D3. The molecule has 0 aliphatic carbocycles. The Kier molecular flexibility index (Phi) is 0.642. The van der Waals surface area contributed by atoms with E-state index in [1.165, 1.54) is 12.4 Å². The van der Waals surface area contributed by atoms with E-state index >= 15 is 0 Å². The number of nitrogens with zero attached hydrogens (tertiary/aromatic N) is 2. The molecule has 0 spiro atoms. The summed E-state index contributed by atoms with van der Waals surface area (Å²) in [5.41, 5.74) is 0. The SMILES string of the molecule is [2H]C([2H])([2H])n1cc(I)cn1.